The average molecular weight is 684 g/mol. The molecule has 4 N–H and O–H groups in total. The van der Waals surface area contributed by atoms with Gasteiger partial charge in [-0.3, -0.25) is 19.2 Å². The van der Waals surface area contributed by atoms with Gasteiger partial charge in [-0.1, -0.05) is 54.0 Å². The van der Waals surface area contributed by atoms with Crippen LogP contribution in [0.15, 0.2) is 12.7 Å². The lowest BCUT2D eigenvalue weighted by molar-refractivity contribution is -0.158. The molecule has 5 amide bonds. The molecule has 2 saturated heterocycles. The van der Waals surface area contributed by atoms with Gasteiger partial charge in [-0.05, 0) is 38.5 Å². The molecule has 0 aliphatic carbocycles. The van der Waals surface area contributed by atoms with E-state index in [-0.39, 0.29) is 25.4 Å². The number of nitrogens with zero attached hydrogens (tertiary/aromatic N) is 1. The molecule has 1 unspecified atom stereocenters. The second-order valence-electron chi connectivity index (χ2n) is 14.2. The van der Waals surface area contributed by atoms with E-state index in [1.165, 1.54) is 11.0 Å². The number of rotatable bonds is 13. The Balaban J connectivity index is 2.34. The Morgan fingerprint density at radius 1 is 1.00 bits per heavy atom. The van der Waals surface area contributed by atoms with E-state index < -0.39 is 74.8 Å². The molecule has 0 aromatic carbocycles. The number of carbonyl (C=O) groups excluding carboxylic acids is 6. The third-order valence-corrected chi connectivity index (χ3v) is 11.0. The van der Waals surface area contributed by atoms with E-state index in [9.17, 15) is 28.8 Å². The number of nitrogens with one attached hydrogen (secondary N) is 4. The van der Waals surface area contributed by atoms with Crippen LogP contribution in [0.1, 0.15) is 81.6 Å². The van der Waals surface area contributed by atoms with Crippen LogP contribution in [0.4, 0.5) is 4.79 Å². The van der Waals surface area contributed by atoms with Gasteiger partial charge in [0.2, 0.25) is 17.6 Å². The Morgan fingerprint density at radius 3 is 2.11 bits per heavy atom. The van der Waals surface area contributed by atoms with Gasteiger partial charge >= 0.3 is 12.0 Å². The van der Waals surface area contributed by atoms with Crippen molar-refractivity contribution in [3.05, 3.63) is 12.7 Å². The molecule has 0 bridgehead atoms. The van der Waals surface area contributed by atoms with Gasteiger partial charge < -0.3 is 30.9 Å². The summed E-state index contributed by atoms with van der Waals surface area (Å²) >= 11 is 3.39. The quantitative estimate of drug-likeness (QED) is 0.130. The summed E-state index contributed by atoms with van der Waals surface area (Å²) in [5.41, 5.74) is -1.52. The zero-order valence-electron chi connectivity index (χ0n) is 28.7. The van der Waals surface area contributed by atoms with Gasteiger partial charge in [0.05, 0.1) is 10.1 Å². The highest BCUT2D eigenvalue weighted by molar-refractivity contribution is 8.21. The van der Waals surface area contributed by atoms with Crippen LogP contribution >= 0.6 is 23.5 Å². The molecular formula is C32H53N5O7S2. The number of urea groups is 1. The predicted octanol–water partition coefficient (Wildman–Crippen LogP) is 3.00. The van der Waals surface area contributed by atoms with Crippen molar-refractivity contribution in [3.63, 3.8) is 0 Å². The summed E-state index contributed by atoms with van der Waals surface area (Å²) < 4.78 is 5.09. The molecule has 0 radical (unpaired) electrons. The van der Waals surface area contributed by atoms with Crippen LogP contribution in [0, 0.1) is 11.3 Å². The number of amides is 5. The van der Waals surface area contributed by atoms with Gasteiger partial charge in [-0.25, -0.2) is 9.59 Å². The van der Waals surface area contributed by atoms with E-state index >= 15 is 0 Å². The van der Waals surface area contributed by atoms with Crippen molar-refractivity contribution >= 4 is 59.0 Å². The SMILES string of the molecule is C=CCNC(=O)C(=O)C(CCC)NC(=O)[C@@H]1CC2(CN1C(=O)[C@@H](NC(=O)N[C@H](C(=O)OC(C)(C)C)C(C)C)C(C)(C)C)SCCS2. The molecule has 0 aromatic heterocycles. The Labute approximate surface area is 282 Å². The maximum atomic E-state index is 14.3. The van der Waals surface area contributed by atoms with Crippen molar-refractivity contribution in [2.24, 2.45) is 11.3 Å². The first-order chi connectivity index (χ1) is 21.2. The summed E-state index contributed by atoms with van der Waals surface area (Å²) in [4.78, 5) is 81.2. The van der Waals surface area contributed by atoms with Crippen molar-refractivity contribution in [2.45, 2.75) is 115 Å². The first kappa shape index (κ1) is 39.4. The lowest BCUT2D eigenvalue weighted by atomic mass is 9.85. The van der Waals surface area contributed by atoms with E-state index in [0.717, 1.165) is 11.5 Å². The summed E-state index contributed by atoms with van der Waals surface area (Å²) in [6.45, 7) is 20.0. The Bertz CT molecular complexity index is 1160. The third-order valence-electron chi connectivity index (χ3n) is 7.53. The fraction of sp³-hybridized carbons (Fsp3) is 0.750. The summed E-state index contributed by atoms with van der Waals surface area (Å²) in [5, 5.41) is 10.7. The Hall–Kier alpha value is -2.74. The fourth-order valence-electron chi connectivity index (χ4n) is 5.24. The molecule has 0 saturated carbocycles. The second-order valence-corrected chi connectivity index (χ2v) is 17.4. The molecule has 260 valence electrons. The molecule has 1 spiro atoms. The van der Waals surface area contributed by atoms with Crippen LogP contribution in [0.5, 0.6) is 0 Å². The third kappa shape index (κ3) is 10.9. The number of hydrogen-bond acceptors (Lipinski definition) is 9. The molecule has 46 heavy (non-hydrogen) atoms. The molecule has 14 heteroatoms. The molecule has 2 aliphatic heterocycles. The maximum absolute atomic E-state index is 14.3. The number of thioether (sulfide) groups is 2. The normalized spacial score (nSPS) is 19.6. The highest BCUT2D eigenvalue weighted by Gasteiger charge is 2.53. The van der Waals surface area contributed by atoms with E-state index in [4.69, 9.17) is 4.74 Å². The molecular weight excluding hydrogens is 631 g/mol. The standard InChI is InChI=1S/C32H53N5O7S2/c1-11-13-20(23(38)26(40)33-14-12-2)34-25(39)21-17-32(45-15-16-46-32)18-37(21)27(41)24(30(5,6)7)36-29(43)35-22(19(3)4)28(42)44-31(8,9)10/h12,19-22,24H,2,11,13-18H2,1,3-10H3,(H,33,40)(H,34,39)(H2,35,36,43)/t20?,21-,22-,24+/m0/s1. The van der Waals surface area contributed by atoms with E-state index in [1.54, 1.807) is 78.9 Å². The molecule has 2 rings (SSSR count). The lowest BCUT2D eigenvalue weighted by Gasteiger charge is -2.36. The van der Waals surface area contributed by atoms with Crippen molar-refractivity contribution < 1.29 is 33.5 Å². The minimum absolute atomic E-state index is 0.115. The molecule has 4 atom stereocenters. The monoisotopic (exact) mass is 683 g/mol. The van der Waals surface area contributed by atoms with Gasteiger partial charge in [0.15, 0.2) is 0 Å². The van der Waals surface area contributed by atoms with Crippen molar-refractivity contribution in [1.82, 2.24) is 26.2 Å². The maximum Gasteiger partial charge on any atom is 0.329 e. The van der Waals surface area contributed by atoms with Gasteiger partial charge in [0.25, 0.3) is 5.91 Å². The lowest BCUT2D eigenvalue weighted by Crippen LogP contribution is -2.61. The predicted molar refractivity (Wildman–Crippen MR) is 182 cm³/mol. The molecule has 2 fully saturated rings. The summed E-state index contributed by atoms with van der Waals surface area (Å²) in [6.07, 6.45) is 2.60. The molecule has 2 heterocycles. The molecule has 12 nitrogen and oxygen atoms in total. The van der Waals surface area contributed by atoms with Crippen LogP contribution in [0.25, 0.3) is 0 Å². The number of hydrogen-bond donors (Lipinski definition) is 4. The van der Waals surface area contributed by atoms with Crippen LogP contribution in [-0.4, -0.2) is 98.8 Å². The Kier molecular flexibility index (Phi) is 14.0. The number of ketones is 1. The zero-order chi connectivity index (χ0) is 35.0. The van der Waals surface area contributed by atoms with Gasteiger partial charge in [0.1, 0.15) is 23.7 Å². The molecule has 2 aliphatic rings. The molecule has 0 aromatic rings. The number of Topliss-reactive ketones (excluding diaryl/α,β-unsaturated/α-hetero) is 1. The summed E-state index contributed by atoms with van der Waals surface area (Å²) in [7, 11) is 0. The Morgan fingerprint density at radius 2 is 1.61 bits per heavy atom. The highest BCUT2D eigenvalue weighted by atomic mass is 32.2. The number of carbonyl (C=O) groups is 6. The van der Waals surface area contributed by atoms with Crippen LogP contribution in [-0.2, 0) is 28.7 Å². The topological polar surface area (TPSA) is 163 Å². The van der Waals surface area contributed by atoms with Crippen molar-refractivity contribution in [1.29, 1.82) is 0 Å². The van der Waals surface area contributed by atoms with Crippen molar-refractivity contribution in [2.75, 3.05) is 24.6 Å². The van der Waals surface area contributed by atoms with Gasteiger partial charge in [0, 0.05) is 31.0 Å². The smallest absolute Gasteiger partial charge is 0.329 e. The first-order valence-corrected chi connectivity index (χ1v) is 17.8. The number of likely N-dealkylation sites (tertiary alicyclic amines) is 1. The minimum Gasteiger partial charge on any atom is -0.458 e. The van der Waals surface area contributed by atoms with Crippen LogP contribution < -0.4 is 21.3 Å². The first-order valence-electron chi connectivity index (χ1n) is 15.9. The van der Waals surface area contributed by atoms with Crippen LogP contribution in [0.2, 0.25) is 0 Å². The minimum atomic E-state index is -1.06. The highest BCUT2D eigenvalue weighted by Crippen LogP contribution is 2.52. The second kappa shape index (κ2) is 16.4. The van der Waals surface area contributed by atoms with E-state index in [1.807, 2.05) is 6.92 Å². The van der Waals surface area contributed by atoms with Crippen molar-refractivity contribution in [3.8, 4) is 0 Å². The van der Waals surface area contributed by atoms with Gasteiger partial charge in [-0.2, -0.15) is 0 Å². The summed E-state index contributed by atoms with van der Waals surface area (Å²) in [6, 6.07) is -4.70. The zero-order valence-corrected chi connectivity index (χ0v) is 30.4. The van der Waals surface area contributed by atoms with Gasteiger partial charge in [-0.15, -0.1) is 30.1 Å². The number of esters is 1. The van der Waals surface area contributed by atoms with E-state index in [2.05, 4.69) is 27.8 Å². The van der Waals surface area contributed by atoms with E-state index in [0.29, 0.717) is 12.8 Å². The fourth-order valence-corrected chi connectivity index (χ4v) is 8.49. The largest absolute Gasteiger partial charge is 0.458 e. The summed E-state index contributed by atoms with van der Waals surface area (Å²) in [5.74, 6) is -1.69. The van der Waals surface area contributed by atoms with Crippen LogP contribution in [0.3, 0.4) is 0 Å². The average Bonchev–Trinajstić information content (AvgIpc) is 3.57. The number of ether oxygens (including phenoxy) is 1.